The van der Waals surface area contributed by atoms with Crippen LogP contribution in [-0.4, -0.2) is 56.1 Å². The van der Waals surface area contributed by atoms with Gasteiger partial charge in [0.2, 0.25) is 0 Å². The molecule has 4 aromatic rings. The minimum atomic E-state index is 0.252. The predicted molar refractivity (Wildman–Crippen MR) is 119 cm³/mol. The van der Waals surface area contributed by atoms with Crippen LogP contribution < -0.4 is 10.1 Å². The number of pyridine rings is 2. The van der Waals surface area contributed by atoms with Gasteiger partial charge in [0.1, 0.15) is 23.9 Å². The summed E-state index contributed by atoms with van der Waals surface area (Å²) in [6.07, 6.45) is 8.01. The molecule has 32 heavy (non-hydrogen) atoms. The molecule has 1 unspecified atom stereocenters. The summed E-state index contributed by atoms with van der Waals surface area (Å²) in [5.74, 6) is 1.97. The van der Waals surface area contributed by atoms with E-state index >= 15 is 0 Å². The molecule has 6 rings (SSSR count). The van der Waals surface area contributed by atoms with Crippen LogP contribution in [0.4, 0.5) is 5.82 Å². The van der Waals surface area contributed by atoms with Gasteiger partial charge < -0.3 is 14.8 Å². The quantitative estimate of drug-likeness (QED) is 0.499. The second-order valence-corrected chi connectivity index (χ2v) is 8.26. The average Bonchev–Trinajstić information content (AvgIpc) is 3.43. The summed E-state index contributed by atoms with van der Waals surface area (Å²) in [5.41, 5.74) is 4.85. The van der Waals surface area contributed by atoms with E-state index in [1.807, 2.05) is 35.4 Å². The fourth-order valence-electron chi connectivity index (χ4n) is 4.18. The van der Waals surface area contributed by atoms with Crippen molar-refractivity contribution < 1.29 is 9.47 Å². The highest BCUT2D eigenvalue weighted by Gasteiger charge is 2.24. The summed E-state index contributed by atoms with van der Waals surface area (Å²) in [5, 5.41) is 8.91. The Morgan fingerprint density at radius 1 is 1.16 bits per heavy atom. The topological polar surface area (TPSA) is 99.9 Å². The maximum absolute atomic E-state index is 5.81. The van der Waals surface area contributed by atoms with E-state index in [2.05, 4.69) is 43.3 Å². The van der Waals surface area contributed by atoms with Crippen LogP contribution in [0.2, 0.25) is 0 Å². The van der Waals surface area contributed by atoms with Crippen LogP contribution in [0.1, 0.15) is 30.1 Å². The van der Waals surface area contributed by atoms with Crippen LogP contribution in [0, 0.1) is 0 Å². The third kappa shape index (κ3) is 3.34. The smallest absolute Gasteiger partial charge is 0.158 e. The molecule has 9 heteroatoms. The number of aromatic nitrogens is 6. The van der Waals surface area contributed by atoms with Crippen molar-refractivity contribution in [3.8, 4) is 17.0 Å². The van der Waals surface area contributed by atoms with Crippen LogP contribution >= 0.6 is 0 Å². The van der Waals surface area contributed by atoms with Crippen LogP contribution in [0.25, 0.3) is 22.3 Å². The van der Waals surface area contributed by atoms with Gasteiger partial charge in [-0.1, -0.05) is 6.92 Å². The lowest BCUT2D eigenvalue weighted by Gasteiger charge is -2.26. The molecule has 162 valence electrons. The second kappa shape index (κ2) is 7.83. The van der Waals surface area contributed by atoms with Gasteiger partial charge in [0.25, 0.3) is 0 Å². The summed E-state index contributed by atoms with van der Waals surface area (Å²) in [6.45, 7) is 4.99. The minimum Gasteiger partial charge on any atom is -0.491 e. The van der Waals surface area contributed by atoms with Crippen molar-refractivity contribution in [2.24, 2.45) is 0 Å². The summed E-state index contributed by atoms with van der Waals surface area (Å²) in [6, 6.07) is 6.33. The normalized spacial score (nSPS) is 16.4. The molecule has 0 amide bonds. The molecule has 1 N–H and O–H groups in total. The first-order valence-corrected chi connectivity index (χ1v) is 10.8. The first-order valence-electron chi connectivity index (χ1n) is 10.8. The lowest BCUT2D eigenvalue weighted by molar-refractivity contribution is -0.0269. The van der Waals surface area contributed by atoms with E-state index < -0.39 is 0 Å². The highest BCUT2D eigenvalue weighted by Crippen LogP contribution is 2.33. The molecule has 1 atom stereocenters. The molecule has 2 aliphatic heterocycles. The molecule has 9 nitrogen and oxygen atoms in total. The number of hydrogen-bond acceptors (Lipinski definition) is 8. The second-order valence-electron chi connectivity index (χ2n) is 8.26. The van der Waals surface area contributed by atoms with Crippen LogP contribution in [-0.2, 0) is 11.2 Å². The first kappa shape index (κ1) is 19.1. The Morgan fingerprint density at radius 2 is 2.09 bits per heavy atom. The van der Waals surface area contributed by atoms with E-state index in [4.69, 9.17) is 9.47 Å². The zero-order valence-corrected chi connectivity index (χ0v) is 17.7. The van der Waals surface area contributed by atoms with Crippen LogP contribution in [0.5, 0.6) is 5.75 Å². The Labute approximate surface area is 184 Å². The molecule has 6 heterocycles. The van der Waals surface area contributed by atoms with Crippen molar-refractivity contribution in [3.05, 3.63) is 54.4 Å². The van der Waals surface area contributed by atoms with E-state index in [0.29, 0.717) is 19.8 Å². The van der Waals surface area contributed by atoms with Gasteiger partial charge in [0.15, 0.2) is 5.65 Å². The number of fused-ring (bicyclic) bond motifs is 2. The van der Waals surface area contributed by atoms with Crippen molar-refractivity contribution in [2.45, 2.75) is 25.3 Å². The molecule has 0 radical (unpaired) electrons. The standard InChI is InChI=1S/C23H23N7O2/c1-14(18-2-4-24-19-3-5-32-22(18)19)8-25-21-7-20(27-13-28-21)15-6-16-10-29-30(17-11-31-12-17)23(16)26-9-15/h2,4,6-7,9-10,13-14,17H,3,5,8,11-12H2,1H3,(H,25,27,28). The van der Waals surface area contributed by atoms with Gasteiger partial charge >= 0.3 is 0 Å². The van der Waals surface area contributed by atoms with Gasteiger partial charge in [-0.25, -0.2) is 19.6 Å². The number of ether oxygens (including phenoxy) is 2. The Bertz CT molecular complexity index is 1280. The summed E-state index contributed by atoms with van der Waals surface area (Å²) < 4.78 is 13.0. The molecule has 0 aliphatic carbocycles. The average molecular weight is 429 g/mol. The van der Waals surface area contributed by atoms with Gasteiger partial charge in [-0.3, -0.25) is 4.98 Å². The number of anilines is 1. The van der Waals surface area contributed by atoms with E-state index in [-0.39, 0.29) is 12.0 Å². The highest BCUT2D eigenvalue weighted by atomic mass is 16.5. The fourth-order valence-corrected chi connectivity index (χ4v) is 4.18. The monoisotopic (exact) mass is 429 g/mol. The molecule has 2 aliphatic rings. The van der Waals surface area contributed by atoms with Gasteiger partial charge in [0, 0.05) is 53.9 Å². The SMILES string of the molecule is CC(CNc1cc(-c2cnc3c(cnn3C3COC3)c2)ncn1)c1ccnc2c1OCC2. The number of hydrogen-bond donors (Lipinski definition) is 1. The van der Waals surface area contributed by atoms with Gasteiger partial charge in [-0.2, -0.15) is 5.10 Å². The van der Waals surface area contributed by atoms with E-state index in [9.17, 15) is 0 Å². The third-order valence-electron chi connectivity index (χ3n) is 6.08. The number of rotatable bonds is 6. The summed E-state index contributed by atoms with van der Waals surface area (Å²) >= 11 is 0. The maximum atomic E-state index is 5.81. The number of nitrogens with zero attached hydrogens (tertiary/aromatic N) is 6. The zero-order chi connectivity index (χ0) is 21.5. The van der Waals surface area contributed by atoms with Gasteiger partial charge in [0.05, 0.1) is 37.4 Å². The lowest BCUT2D eigenvalue weighted by Crippen LogP contribution is -2.31. The highest BCUT2D eigenvalue weighted by molar-refractivity contribution is 5.80. The molecular weight excluding hydrogens is 406 g/mol. The summed E-state index contributed by atoms with van der Waals surface area (Å²) in [7, 11) is 0. The Hall–Kier alpha value is -3.59. The van der Waals surface area contributed by atoms with Crippen molar-refractivity contribution >= 4 is 16.9 Å². The Kier molecular flexibility index (Phi) is 4.68. The van der Waals surface area contributed by atoms with Crippen LogP contribution in [0.3, 0.4) is 0 Å². The molecule has 4 aromatic heterocycles. The van der Waals surface area contributed by atoms with E-state index in [0.717, 1.165) is 52.5 Å². The fraction of sp³-hybridized carbons (Fsp3) is 0.348. The molecule has 0 spiro atoms. The molecule has 1 saturated heterocycles. The minimum absolute atomic E-state index is 0.252. The van der Waals surface area contributed by atoms with Gasteiger partial charge in [-0.15, -0.1) is 0 Å². The molecule has 0 aromatic carbocycles. The molecule has 1 fully saturated rings. The van der Waals surface area contributed by atoms with E-state index in [1.165, 1.54) is 5.56 Å². The maximum Gasteiger partial charge on any atom is 0.158 e. The van der Waals surface area contributed by atoms with Crippen molar-refractivity contribution in [2.75, 3.05) is 31.7 Å². The lowest BCUT2D eigenvalue weighted by atomic mass is 10.00. The Balaban J connectivity index is 1.20. The molecule has 0 bridgehead atoms. The summed E-state index contributed by atoms with van der Waals surface area (Å²) in [4.78, 5) is 17.9. The van der Waals surface area contributed by atoms with Crippen molar-refractivity contribution in [3.63, 3.8) is 0 Å². The van der Waals surface area contributed by atoms with Gasteiger partial charge in [-0.05, 0) is 12.1 Å². The van der Waals surface area contributed by atoms with Crippen molar-refractivity contribution in [1.82, 2.24) is 29.7 Å². The number of nitrogens with one attached hydrogen (secondary N) is 1. The zero-order valence-electron chi connectivity index (χ0n) is 17.7. The Morgan fingerprint density at radius 3 is 2.97 bits per heavy atom. The van der Waals surface area contributed by atoms with E-state index in [1.54, 1.807) is 6.33 Å². The molecule has 0 saturated carbocycles. The third-order valence-corrected chi connectivity index (χ3v) is 6.08. The first-order chi connectivity index (χ1) is 15.8. The van der Waals surface area contributed by atoms with Crippen molar-refractivity contribution in [1.29, 1.82) is 0 Å². The molecular formula is C23H23N7O2. The predicted octanol–water partition coefficient (Wildman–Crippen LogP) is 3.01. The largest absolute Gasteiger partial charge is 0.491 e. The van der Waals surface area contributed by atoms with Crippen LogP contribution in [0.15, 0.2) is 43.1 Å².